The lowest BCUT2D eigenvalue weighted by molar-refractivity contribution is 0.102. The molecule has 31 heavy (non-hydrogen) atoms. The number of ketones is 1. The van der Waals surface area contributed by atoms with Crippen LogP contribution in [0.2, 0.25) is 0 Å². The number of benzene rings is 1. The number of likely N-dealkylation sites (N-methyl/N-ethyl adjacent to an activating group) is 1. The van der Waals surface area contributed by atoms with E-state index in [4.69, 9.17) is 4.98 Å². The van der Waals surface area contributed by atoms with Crippen molar-refractivity contribution in [2.75, 3.05) is 11.9 Å². The maximum absolute atomic E-state index is 13.8. The number of hydrogen-bond donors (Lipinski definition) is 0. The minimum Gasteiger partial charge on any atom is -0.352 e. The molecule has 5 nitrogen and oxygen atoms in total. The standard InChI is InChI=1S/C26H35N3O2/c1-6-13-18(14-7-2)17-22-27-25-23(24(30)20(8-3)21(9-4)28(25)5)26(31)29(22)19-15-11-10-12-16-19/h8,10-12,15-16,18,21H,6-7,9,13-14,17H2,1-5H3/b20-8+. The van der Waals surface area contributed by atoms with Crippen LogP contribution in [0.1, 0.15) is 76.0 Å². The summed E-state index contributed by atoms with van der Waals surface area (Å²) in [5, 5.41) is 0. The molecule has 0 N–H and O–H groups in total. The summed E-state index contributed by atoms with van der Waals surface area (Å²) in [5.74, 6) is 1.56. The maximum Gasteiger partial charge on any atom is 0.271 e. The van der Waals surface area contributed by atoms with Crippen molar-refractivity contribution in [3.05, 3.63) is 63.7 Å². The zero-order chi connectivity index (χ0) is 22.5. The normalized spacial score (nSPS) is 17.5. The Hall–Kier alpha value is -2.69. The van der Waals surface area contributed by atoms with Gasteiger partial charge in [-0.2, -0.15) is 0 Å². The highest BCUT2D eigenvalue weighted by atomic mass is 16.1. The minimum atomic E-state index is -0.260. The SMILES string of the molecule is C/C=C1/C(=O)c2c(nc(CC(CCC)CCC)n(-c3ccccc3)c2=O)N(C)C1CC. The average Bonchev–Trinajstić information content (AvgIpc) is 2.76. The number of carbonyl (C=O) groups is 1. The summed E-state index contributed by atoms with van der Waals surface area (Å²) in [5.41, 5.74) is 1.37. The van der Waals surface area contributed by atoms with Crippen molar-refractivity contribution in [3.63, 3.8) is 0 Å². The van der Waals surface area contributed by atoms with Gasteiger partial charge in [0.15, 0.2) is 5.78 Å². The summed E-state index contributed by atoms with van der Waals surface area (Å²) in [7, 11) is 1.95. The number of carbonyl (C=O) groups excluding carboxylic acids is 1. The molecule has 1 aliphatic heterocycles. The van der Waals surface area contributed by atoms with Crippen molar-refractivity contribution in [3.8, 4) is 5.69 Å². The molecule has 166 valence electrons. The van der Waals surface area contributed by atoms with Crippen LogP contribution in [0.25, 0.3) is 5.69 Å². The zero-order valence-electron chi connectivity index (χ0n) is 19.5. The number of anilines is 1. The Morgan fingerprint density at radius 3 is 2.26 bits per heavy atom. The van der Waals surface area contributed by atoms with Gasteiger partial charge in [-0.05, 0) is 31.4 Å². The lowest BCUT2D eigenvalue weighted by Gasteiger charge is -2.36. The topological polar surface area (TPSA) is 55.2 Å². The van der Waals surface area contributed by atoms with Gasteiger partial charge in [0.05, 0.1) is 11.7 Å². The molecule has 0 radical (unpaired) electrons. The van der Waals surface area contributed by atoms with Gasteiger partial charge in [0, 0.05) is 19.0 Å². The third kappa shape index (κ3) is 4.36. The van der Waals surface area contributed by atoms with Crippen LogP contribution in [-0.4, -0.2) is 28.4 Å². The number of allylic oxidation sites excluding steroid dienone is 1. The Labute approximate surface area is 185 Å². The first-order chi connectivity index (χ1) is 15.0. The molecule has 0 saturated heterocycles. The molecule has 1 atom stereocenters. The number of Topliss-reactive ketones (excluding diaryl/α,β-unsaturated/α-hetero) is 1. The van der Waals surface area contributed by atoms with Crippen LogP contribution in [0.15, 0.2) is 46.8 Å². The second kappa shape index (κ2) is 10.1. The third-order valence-electron chi connectivity index (χ3n) is 6.36. The van der Waals surface area contributed by atoms with Gasteiger partial charge in [-0.3, -0.25) is 14.2 Å². The predicted molar refractivity (Wildman–Crippen MR) is 127 cm³/mol. The summed E-state index contributed by atoms with van der Waals surface area (Å²) < 4.78 is 1.67. The molecule has 2 aromatic rings. The van der Waals surface area contributed by atoms with E-state index in [0.717, 1.165) is 50.0 Å². The molecule has 2 heterocycles. The number of fused-ring (bicyclic) bond motifs is 1. The van der Waals surface area contributed by atoms with Crippen LogP contribution in [0.4, 0.5) is 5.82 Å². The fourth-order valence-electron chi connectivity index (χ4n) is 4.88. The van der Waals surface area contributed by atoms with Crippen molar-refractivity contribution in [1.82, 2.24) is 9.55 Å². The second-order valence-corrected chi connectivity index (χ2v) is 8.46. The fourth-order valence-corrected chi connectivity index (χ4v) is 4.88. The first kappa shape index (κ1) is 23.0. The van der Waals surface area contributed by atoms with Crippen LogP contribution in [0.3, 0.4) is 0 Å². The molecule has 1 unspecified atom stereocenters. The minimum absolute atomic E-state index is 0.0561. The molecular formula is C26H35N3O2. The van der Waals surface area contributed by atoms with Crippen molar-refractivity contribution in [2.24, 2.45) is 5.92 Å². The summed E-state index contributed by atoms with van der Waals surface area (Å²) in [6.45, 7) is 8.33. The Kier molecular flexibility index (Phi) is 7.47. The number of hydrogen-bond acceptors (Lipinski definition) is 4. The van der Waals surface area contributed by atoms with E-state index in [-0.39, 0.29) is 22.9 Å². The van der Waals surface area contributed by atoms with E-state index in [0.29, 0.717) is 17.3 Å². The Balaban J connectivity index is 2.26. The maximum atomic E-state index is 13.8. The van der Waals surface area contributed by atoms with Crippen LogP contribution in [0.5, 0.6) is 0 Å². The summed E-state index contributed by atoms with van der Waals surface area (Å²) in [4.78, 5) is 34.2. The smallest absolute Gasteiger partial charge is 0.271 e. The molecule has 5 heteroatoms. The highest BCUT2D eigenvalue weighted by Gasteiger charge is 2.37. The van der Waals surface area contributed by atoms with Crippen LogP contribution >= 0.6 is 0 Å². The van der Waals surface area contributed by atoms with E-state index < -0.39 is 0 Å². The van der Waals surface area contributed by atoms with E-state index in [1.165, 1.54) is 0 Å². The Morgan fingerprint density at radius 1 is 1.06 bits per heavy atom. The van der Waals surface area contributed by atoms with Crippen molar-refractivity contribution >= 4 is 11.6 Å². The Bertz CT molecular complexity index is 1000. The molecule has 1 aromatic carbocycles. The van der Waals surface area contributed by atoms with Gasteiger partial charge < -0.3 is 4.90 Å². The fraction of sp³-hybridized carbons (Fsp3) is 0.500. The molecule has 0 saturated carbocycles. The molecule has 3 rings (SSSR count). The lowest BCUT2D eigenvalue weighted by atomic mass is 9.90. The number of aromatic nitrogens is 2. The van der Waals surface area contributed by atoms with Crippen LogP contribution in [0, 0.1) is 5.92 Å². The molecular weight excluding hydrogens is 386 g/mol. The van der Waals surface area contributed by atoms with Gasteiger partial charge in [-0.15, -0.1) is 0 Å². The molecule has 1 aliphatic rings. The summed E-state index contributed by atoms with van der Waals surface area (Å²) in [6.07, 6.45) is 7.77. The van der Waals surface area contributed by atoms with Gasteiger partial charge in [-0.25, -0.2) is 4.98 Å². The number of nitrogens with zero attached hydrogens (tertiary/aromatic N) is 3. The monoisotopic (exact) mass is 421 g/mol. The van der Waals surface area contributed by atoms with Gasteiger partial charge in [-0.1, -0.05) is 70.7 Å². The van der Waals surface area contributed by atoms with Gasteiger partial charge in [0.1, 0.15) is 17.2 Å². The van der Waals surface area contributed by atoms with Crippen molar-refractivity contribution < 1.29 is 4.79 Å². The lowest BCUT2D eigenvalue weighted by Crippen LogP contribution is -2.45. The van der Waals surface area contributed by atoms with Crippen LogP contribution < -0.4 is 10.5 Å². The van der Waals surface area contributed by atoms with E-state index >= 15 is 0 Å². The van der Waals surface area contributed by atoms with E-state index in [9.17, 15) is 9.59 Å². The van der Waals surface area contributed by atoms with E-state index in [2.05, 4.69) is 20.8 Å². The molecule has 0 spiro atoms. The molecule has 0 bridgehead atoms. The Morgan fingerprint density at radius 2 is 1.71 bits per heavy atom. The van der Waals surface area contributed by atoms with Crippen molar-refractivity contribution in [1.29, 1.82) is 0 Å². The second-order valence-electron chi connectivity index (χ2n) is 8.46. The highest BCUT2D eigenvalue weighted by molar-refractivity contribution is 6.14. The van der Waals surface area contributed by atoms with Crippen LogP contribution in [-0.2, 0) is 6.42 Å². The highest BCUT2D eigenvalue weighted by Crippen LogP contribution is 2.32. The molecule has 0 amide bonds. The molecule has 0 aliphatic carbocycles. The quantitative estimate of drug-likeness (QED) is 0.539. The largest absolute Gasteiger partial charge is 0.352 e. The molecule has 1 aromatic heterocycles. The number of para-hydroxylation sites is 1. The third-order valence-corrected chi connectivity index (χ3v) is 6.36. The van der Waals surface area contributed by atoms with Gasteiger partial charge in [0.25, 0.3) is 5.56 Å². The average molecular weight is 422 g/mol. The zero-order valence-corrected chi connectivity index (χ0v) is 19.5. The predicted octanol–water partition coefficient (Wildman–Crippen LogP) is 5.35. The van der Waals surface area contributed by atoms with Gasteiger partial charge in [0.2, 0.25) is 0 Å². The van der Waals surface area contributed by atoms with Gasteiger partial charge >= 0.3 is 0 Å². The van der Waals surface area contributed by atoms with E-state index in [1.807, 2.05) is 55.3 Å². The summed E-state index contributed by atoms with van der Waals surface area (Å²) in [6, 6.07) is 9.53. The van der Waals surface area contributed by atoms with E-state index in [1.54, 1.807) is 4.57 Å². The number of rotatable bonds is 8. The summed E-state index contributed by atoms with van der Waals surface area (Å²) >= 11 is 0. The van der Waals surface area contributed by atoms with Crippen molar-refractivity contribution in [2.45, 2.75) is 72.3 Å². The first-order valence-corrected chi connectivity index (χ1v) is 11.6. The first-order valence-electron chi connectivity index (χ1n) is 11.6. The molecule has 0 fully saturated rings.